The molecule has 1 atom stereocenters. The number of rotatable bonds is 7. The number of aliphatic imine (C=N–C) groups is 1. The van der Waals surface area contributed by atoms with Crippen LogP contribution in [0.25, 0.3) is 0 Å². The van der Waals surface area contributed by atoms with E-state index >= 15 is 0 Å². The van der Waals surface area contributed by atoms with Crippen molar-refractivity contribution in [3.63, 3.8) is 0 Å². The summed E-state index contributed by atoms with van der Waals surface area (Å²) in [6.07, 6.45) is 3.15. The molecule has 0 aromatic heterocycles. The third kappa shape index (κ3) is 6.09. The van der Waals surface area contributed by atoms with E-state index < -0.39 is 0 Å². The molecule has 1 fully saturated rings. The number of hydrogen-bond donors (Lipinski definition) is 1. The molecular formula is C25H34N4O. The molecule has 160 valence electrons. The highest BCUT2D eigenvalue weighted by molar-refractivity contribution is 5.94. The predicted molar refractivity (Wildman–Crippen MR) is 124 cm³/mol. The zero-order valence-electron chi connectivity index (χ0n) is 18.5. The number of nitrogens with one attached hydrogen (secondary N) is 1. The first-order chi connectivity index (χ1) is 14.6. The number of amides is 1. The molecule has 1 saturated heterocycles. The lowest BCUT2D eigenvalue weighted by molar-refractivity contribution is 0.0827. The van der Waals surface area contributed by atoms with Gasteiger partial charge in [0.05, 0.1) is 0 Å². The highest BCUT2D eigenvalue weighted by Gasteiger charge is 2.24. The predicted octanol–water partition coefficient (Wildman–Crippen LogP) is 3.46. The molecule has 2 aromatic carbocycles. The Hall–Kier alpha value is -2.82. The topological polar surface area (TPSA) is 47.9 Å². The second kappa shape index (κ2) is 10.8. The molecular weight excluding hydrogens is 372 g/mol. The molecule has 5 nitrogen and oxygen atoms in total. The Bertz CT molecular complexity index is 847. The molecule has 1 aliphatic rings. The van der Waals surface area contributed by atoms with E-state index in [1.165, 1.54) is 12.0 Å². The van der Waals surface area contributed by atoms with Crippen LogP contribution in [0.5, 0.6) is 0 Å². The zero-order valence-corrected chi connectivity index (χ0v) is 18.5. The van der Waals surface area contributed by atoms with Gasteiger partial charge in [-0.1, -0.05) is 42.5 Å². The summed E-state index contributed by atoms with van der Waals surface area (Å²) < 4.78 is 0. The summed E-state index contributed by atoms with van der Waals surface area (Å²) in [5, 5.41) is 3.45. The molecule has 0 saturated carbocycles. The molecule has 1 unspecified atom stereocenters. The van der Waals surface area contributed by atoms with Gasteiger partial charge in [0.2, 0.25) is 0 Å². The summed E-state index contributed by atoms with van der Waals surface area (Å²) in [5.74, 6) is 1.72. The summed E-state index contributed by atoms with van der Waals surface area (Å²) in [4.78, 5) is 21.1. The van der Waals surface area contributed by atoms with Crippen LogP contribution in [-0.2, 0) is 12.8 Å². The minimum absolute atomic E-state index is 0.0372. The fourth-order valence-corrected chi connectivity index (χ4v) is 3.97. The van der Waals surface area contributed by atoms with E-state index in [0.29, 0.717) is 12.5 Å². The van der Waals surface area contributed by atoms with Gasteiger partial charge in [-0.25, -0.2) is 0 Å². The van der Waals surface area contributed by atoms with Gasteiger partial charge in [-0.15, -0.1) is 0 Å². The van der Waals surface area contributed by atoms with Gasteiger partial charge in [0, 0.05) is 45.8 Å². The number of hydrogen-bond acceptors (Lipinski definition) is 2. The van der Waals surface area contributed by atoms with Crippen LogP contribution in [0.15, 0.2) is 59.6 Å². The minimum Gasteiger partial charge on any atom is -0.357 e. The molecule has 0 spiro atoms. The van der Waals surface area contributed by atoms with Gasteiger partial charge in [-0.05, 0) is 55.4 Å². The van der Waals surface area contributed by atoms with Gasteiger partial charge < -0.3 is 15.1 Å². The van der Waals surface area contributed by atoms with Crippen LogP contribution in [0.4, 0.5) is 0 Å². The Kier molecular flexibility index (Phi) is 7.89. The maximum Gasteiger partial charge on any atom is 0.253 e. The largest absolute Gasteiger partial charge is 0.357 e. The van der Waals surface area contributed by atoms with E-state index in [-0.39, 0.29) is 5.91 Å². The zero-order chi connectivity index (χ0) is 21.3. The van der Waals surface area contributed by atoms with E-state index in [1.54, 1.807) is 19.0 Å². The van der Waals surface area contributed by atoms with Crippen molar-refractivity contribution in [2.45, 2.75) is 26.2 Å². The van der Waals surface area contributed by atoms with Crippen molar-refractivity contribution in [2.24, 2.45) is 10.9 Å². The van der Waals surface area contributed by atoms with E-state index in [4.69, 9.17) is 4.99 Å². The monoisotopic (exact) mass is 406 g/mol. The molecule has 30 heavy (non-hydrogen) atoms. The Morgan fingerprint density at radius 3 is 2.63 bits per heavy atom. The fourth-order valence-electron chi connectivity index (χ4n) is 3.97. The van der Waals surface area contributed by atoms with Crippen LogP contribution in [0, 0.1) is 5.92 Å². The van der Waals surface area contributed by atoms with Crippen molar-refractivity contribution in [1.29, 1.82) is 0 Å². The van der Waals surface area contributed by atoms with E-state index in [1.807, 2.05) is 18.2 Å². The molecule has 1 aliphatic heterocycles. The quantitative estimate of drug-likeness (QED) is 0.566. The van der Waals surface area contributed by atoms with Crippen molar-refractivity contribution >= 4 is 11.9 Å². The van der Waals surface area contributed by atoms with Crippen molar-refractivity contribution in [2.75, 3.05) is 40.3 Å². The number of likely N-dealkylation sites (tertiary alicyclic amines) is 1. The molecule has 0 bridgehead atoms. The molecule has 1 amide bonds. The van der Waals surface area contributed by atoms with Crippen LogP contribution in [-0.4, -0.2) is 61.9 Å². The summed E-state index contributed by atoms with van der Waals surface area (Å²) in [7, 11) is 3.56. The minimum atomic E-state index is 0.0372. The Labute approximate surface area is 180 Å². The lowest BCUT2D eigenvalue weighted by atomic mass is 9.99. The molecule has 3 rings (SSSR count). The summed E-state index contributed by atoms with van der Waals surface area (Å²) in [5.41, 5.74) is 3.29. The molecule has 0 aliphatic carbocycles. The first kappa shape index (κ1) is 21.9. The summed E-state index contributed by atoms with van der Waals surface area (Å²) in [6.45, 7) is 5.79. The Balaban J connectivity index is 1.57. The maximum absolute atomic E-state index is 12.2. The average Bonchev–Trinajstić information content (AvgIpc) is 3.21. The van der Waals surface area contributed by atoms with Crippen molar-refractivity contribution < 1.29 is 4.79 Å². The van der Waals surface area contributed by atoms with Gasteiger partial charge in [-0.3, -0.25) is 9.79 Å². The molecule has 2 aromatic rings. The lowest BCUT2D eigenvalue weighted by Crippen LogP contribution is -2.40. The molecule has 0 radical (unpaired) electrons. The molecule has 1 N–H and O–H groups in total. The van der Waals surface area contributed by atoms with Crippen molar-refractivity contribution in [3.05, 3.63) is 71.3 Å². The normalized spacial score (nSPS) is 16.6. The standard InChI is InChI=1S/C25H34N4O/c1-4-26-25(29-16-14-22(19-29)17-20-9-6-5-7-10-20)27-15-13-21-11-8-12-23(18-21)24(30)28(2)3/h5-12,18,22H,4,13-17,19H2,1-3H3,(H,26,27). The first-order valence-electron chi connectivity index (χ1n) is 10.9. The van der Waals surface area contributed by atoms with Gasteiger partial charge in [0.1, 0.15) is 0 Å². The number of carbonyl (C=O) groups excluding carboxylic acids is 1. The maximum atomic E-state index is 12.2. The Morgan fingerprint density at radius 1 is 1.13 bits per heavy atom. The number of nitrogens with zero attached hydrogens (tertiary/aromatic N) is 3. The second-order valence-electron chi connectivity index (χ2n) is 8.18. The average molecular weight is 407 g/mol. The lowest BCUT2D eigenvalue weighted by Gasteiger charge is -2.22. The molecule has 5 heteroatoms. The Morgan fingerprint density at radius 2 is 1.90 bits per heavy atom. The van der Waals surface area contributed by atoms with Crippen LogP contribution in [0.3, 0.4) is 0 Å². The third-order valence-electron chi connectivity index (χ3n) is 5.53. The highest BCUT2D eigenvalue weighted by atomic mass is 16.2. The van der Waals surface area contributed by atoms with Gasteiger partial charge in [-0.2, -0.15) is 0 Å². The van der Waals surface area contributed by atoms with Gasteiger partial charge in [0.15, 0.2) is 5.96 Å². The second-order valence-corrected chi connectivity index (χ2v) is 8.18. The van der Waals surface area contributed by atoms with E-state index in [2.05, 4.69) is 53.5 Å². The van der Waals surface area contributed by atoms with Crippen LogP contribution < -0.4 is 5.32 Å². The fraction of sp³-hybridized carbons (Fsp3) is 0.440. The van der Waals surface area contributed by atoms with E-state index in [0.717, 1.165) is 49.6 Å². The molecule has 1 heterocycles. The summed E-state index contributed by atoms with van der Waals surface area (Å²) >= 11 is 0. The summed E-state index contributed by atoms with van der Waals surface area (Å²) in [6, 6.07) is 18.6. The van der Waals surface area contributed by atoms with E-state index in [9.17, 15) is 4.79 Å². The number of benzene rings is 2. The van der Waals surface area contributed by atoms with Gasteiger partial charge in [0.25, 0.3) is 5.91 Å². The SMILES string of the molecule is CCNC(=NCCc1cccc(C(=O)N(C)C)c1)N1CCC(Cc2ccccc2)C1. The third-order valence-corrected chi connectivity index (χ3v) is 5.53. The van der Waals surface area contributed by atoms with Crippen molar-refractivity contribution in [1.82, 2.24) is 15.1 Å². The van der Waals surface area contributed by atoms with Crippen LogP contribution in [0.1, 0.15) is 34.8 Å². The first-order valence-corrected chi connectivity index (χ1v) is 10.9. The van der Waals surface area contributed by atoms with Crippen LogP contribution >= 0.6 is 0 Å². The number of carbonyl (C=O) groups is 1. The smallest absolute Gasteiger partial charge is 0.253 e. The van der Waals surface area contributed by atoms with Gasteiger partial charge >= 0.3 is 0 Å². The highest BCUT2D eigenvalue weighted by Crippen LogP contribution is 2.21. The number of guanidine groups is 1. The van der Waals surface area contributed by atoms with Crippen molar-refractivity contribution in [3.8, 4) is 0 Å². The van der Waals surface area contributed by atoms with Crippen LogP contribution in [0.2, 0.25) is 0 Å².